The number of hydrogen-bond acceptors (Lipinski definition) is 5. The standard InChI is InChI=1S/C27H33ClN2O5/c1-4-5-6-7-24(31)29-16-18-34-19-17-30-26(33)27(2,3)35-23-14-10-21(11-15-23)25(32)20-8-12-22(28)13-9-20/h5-6,8-15H,4,7,16-19H2,1-3H3,(H,29,31)(H,30,33)/b6-5-. The zero-order valence-electron chi connectivity index (χ0n) is 20.4. The lowest BCUT2D eigenvalue weighted by Crippen LogP contribution is -2.47. The number of carbonyl (C=O) groups is 3. The third-order valence-electron chi connectivity index (χ3n) is 4.95. The molecule has 0 atom stereocenters. The van der Waals surface area contributed by atoms with Gasteiger partial charge in [0.05, 0.1) is 13.2 Å². The number of hydrogen-bond donors (Lipinski definition) is 2. The Morgan fingerprint density at radius 2 is 1.46 bits per heavy atom. The number of nitrogens with one attached hydrogen (secondary N) is 2. The van der Waals surface area contributed by atoms with Gasteiger partial charge in [-0.3, -0.25) is 14.4 Å². The lowest BCUT2D eigenvalue weighted by Gasteiger charge is -2.25. The van der Waals surface area contributed by atoms with E-state index in [-0.39, 0.29) is 17.6 Å². The molecule has 188 valence electrons. The number of carbonyl (C=O) groups excluding carboxylic acids is 3. The fourth-order valence-corrected chi connectivity index (χ4v) is 3.15. The van der Waals surface area contributed by atoms with E-state index >= 15 is 0 Å². The maximum Gasteiger partial charge on any atom is 0.263 e. The van der Waals surface area contributed by atoms with Crippen molar-refractivity contribution in [2.75, 3.05) is 26.3 Å². The van der Waals surface area contributed by atoms with Crippen LogP contribution in [0.4, 0.5) is 0 Å². The van der Waals surface area contributed by atoms with E-state index in [2.05, 4.69) is 10.6 Å². The first-order valence-electron chi connectivity index (χ1n) is 11.6. The maximum absolute atomic E-state index is 12.6. The lowest BCUT2D eigenvalue weighted by molar-refractivity contribution is -0.134. The van der Waals surface area contributed by atoms with E-state index in [0.29, 0.717) is 54.6 Å². The summed E-state index contributed by atoms with van der Waals surface area (Å²) < 4.78 is 11.3. The predicted molar refractivity (Wildman–Crippen MR) is 137 cm³/mol. The molecule has 0 bridgehead atoms. The van der Waals surface area contributed by atoms with Crippen LogP contribution in [-0.4, -0.2) is 49.5 Å². The molecular weight excluding hydrogens is 468 g/mol. The van der Waals surface area contributed by atoms with Crippen LogP contribution in [0.3, 0.4) is 0 Å². The van der Waals surface area contributed by atoms with Crippen molar-refractivity contribution >= 4 is 29.2 Å². The summed E-state index contributed by atoms with van der Waals surface area (Å²) in [4.78, 5) is 36.7. The highest BCUT2D eigenvalue weighted by atomic mass is 35.5. The molecule has 0 aliphatic carbocycles. The molecule has 0 radical (unpaired) electrons. The molecule has 2 aromatic rings. The number of ether oxygens (including phenoxy) is 2. The minimum absolute atomic E-state index is 0.0483. The van der Waals surface area contributed by atoms with E-state index in [1.807, 2.05) is 19.1 Å². The van der Waals surface area contributed by atoms with E-state index in [1.54, 1.807) is 62.4 Å². The molecule has 0 fully saturated rings. The second-order valence-corrected chi connectivity index (χ2v) is 8.71. The molecule has 2 amide bonds. The second-order valence-electron chi connectivity index (χ2n) is 8.27. The van der Waals surface area contributed by atoms with Crippen LogP contribution < -0.4 is 15.4 Å². The zero-order chi connectivity index (χ0) is 25.7. The van der Waals surface area contributed by atoms with E-state index in [4.69, 9.17) is 21.1 Å². The van der Waals surface area contributed by atoms with Gasteiger partial charge in [-0.1, -0.05) is 30.7 Å². The Bertz CT molecular complexity index is 1000. The molecule has 7 nitrogen and oxygen atoms in total. The fraction of sp³-hybridized carbons (Fsp3) is 0.370. The number of halogens is 1. The van der Waals surface area contributed by atoms with Gasteiger partial charge in [0.1, 0.15) is 5.75 Å². The summed E-state index contributed by atoms with van der Waals surface area (Å²) in [6.07, 6.45) is 5.05. The molecule has 0 heterocycles. The van der Waals surface area contributed by atoms with Crippen LogP contribution >= 0.6 is 11.6 Å². The number of rotatable bonds is 14. The molecule has 0 aliphatic heterocycles. The molecule has 8 heteroatoms. The molecule has 0 saturated heterocycles. The van der Waals surface area contributed by atoms with E-state index in [0.717, 1.165) is 6.42 Å². The van der Waals surface area contributed by atoms with Crippen LogP contribution in [0.5, 0.6) is 5.75 Å². The quantitative estimate of drug-likeness (QED) is 0.229. The van der Waals surface area contributed by atoms with Gasteiger partial charge in [0.15, 0.2) is 11.4 Å². The molecule has 0 aliphatic rings. The van der Waals surface area contributed by atoms with Gasteiger partial charge in [0, 0.05) is 35.7 Å². The minimum Gasteiger partial charge on any atom is -0.478 e. The fourth-order valence-electron chi connectivity index (χ4n) is 3.03. The number of amides is 2. The average Bonchev–Trinajstić information content (AvgIpc) is 2.83. The van der Waals surface area contributed by atoms with Gasteiger partial charge in [-0.25, -0.2) is 0 Å². The Balaban J connectivity index is 1.71. The molecule has 0 unspecified atom stereocenters. The summed E-state index contributed by atoms with van der Waals surface area (Å²) >= 11 is 5.88. The minimum atomic E-state index is -1.12. The maximum atomic E-state index is 12.6. The van der Waals surface area contributed by atoms with E-state index in [9.17, 15) is 14.4 Å². The number of ketones is 1. The van der Waals surface area contributed by atoms with Gasteiger partial charge >= 0.3 is 0 Å². The average molecular weight is 501 g/mol. The molecule has 2 aromatic carbocycles. The Hall–Kier alpha value is -3.16. The Labute approximate surface area is 211 Å². The highest BCUT2D eigenvalue weighted by Crippen LogP contribution is 2.21. The summed E-state index contributed by atoms with van der Waals surface area (Å²) in [7, 11) is 0. The van der Waals surface area contributed by atoms with Gasteiger partial charge < -0.3 is 20.1 Å². The summed E-state index contributed by atoms with van der Waals surface area (Å²) in [5, 5.41) is 6.12. The number of benzene rings is 2. The molecular formula is C27H33ClN2O5. The molecule has 0 spiro atoms. The highest BCUT2D eigenvalue weighted by Gasteiger charge is 2.29. The van der Waals surface area contributed by atoms with Gasteiger partial charge in [-0.05, 0) is 68.8 Å². The topological polar surface area (TPSA) is 93.7 Å². The van der Waals surface area contributed by atoms with Crippen molar-refractivity contribution in [3.8, 4) is 5.75 Å². The Morgan fingerprint density at radius 3 is 2.06 bits per heavy atom. The van der Waals surface area contributed by atoms with Crippen LogP contribution in [0.2, 0.25) is 5.02 Å². The van der Waals surface area contributed by atoms with Crippen LogP contribution in [0.15, 0.2) is 60.7 Å². The lowest BCUT2D eigenvalue weighted by atomic mass is 10.0. The normalized spacial score (nSPS) is 11.3. The summed E-state index contributed by atoms with van der Waals surface area (Å²) in [5.41, 5.74) is -0.0778. The summed E-state index contributed by atoms with van der Waals surface area (Å²) in [6.45, 7) is 6.75. The third-order valence-corrected chi connectivity index (χ3v) is 5.20. The van der Waals surface area contributed by atoms with Crippen LogP contribution in [-0.2, 0) is 14.3 Å². The van der Waals surface area contributed by atoms with Crippen molar-refractivity contribution in [2.24, 2.45) is 0 Å². The first kappa shape index (κ1) is 28.1. The van der Waals surface area contributed by atoms with Crippen molar-refractivity contribution in [1.82, 2.24) is 10.6 Å². The summed E-state index contributed by atoms with van der Waals surface area (Å²) in [6, 6.07) is 13.3. The van der Waals surface area contributed by atoms with Gasteiger partial charge in [0.25, 0.3) is 5.91 Å². The van der Waals surface area contributed by atoms with Gasteiger partial charge in [-0.2, -0.15) is 0 Å². The highest BCUT2D eigenvalue weighted by molar-refractivity contribution is 6.30. The van der Waals surface area contributed by atoms with E-state index in [1.165, 1.54) is 0 Å². The second kappa shape index (κ2) is 14.3. The Kier molecular flexibility index (Phi) is 11.5. The molecule has 35 heavy (non-hydrogen) atoms. The molecule has 0 saturated carbocycles. The molecule has 2 N–H and O–H groups in total. The predicted octanol–water partition coefficient (Wildman–Crippen LogP) is 4.33. The van der Waals surface area contributed by atoms with Crippen LogP contribution in [0.25, 0.3) is 0 Å². The van der Waals surface area contributed by atoms with Crippen molar-refractivity contribution in [1.29, 1.82) is 0 Å². The number of allylic oxidation sites excluding steroid dienone is 1. The van der Waals surface area contributed by atoms with Crippen molar-refractivity contribution in [3.05, 3.63) is 76.8 Å². The van der Waals surface area contributed by atoms with Crippen molar-refractivity contribution in [2.45, 2.75) is 39.2 Å². The third kappa shape index (κ3) is 9.92. The Morgan fingerprint density at radius 1 is 0.886 bits per heavy atom. The zero-order valence-corrected chi connectivity index (χ0v) is 21.2. The van der Waals surface area contributed by atoms with Gasteiger partial charge in [0.2, 0.25) is 5.91 Å². The van der Waals surface area contributed by atoms with Crippen LogP contribution in [0.1, 0.15) is 49.5 Å². The van der Waals surface area contributed by atoms with Crippen LogP contribution in [0, 0.1) is 0 Å². The van der Waals surface area contributed by atoms with E-state index < -0.39 is 5.60 Å². The van der Waals surface area contributed by atoms with Crippen molar-refractivity contribution < 1.29 is 23.9 Å². The SMILES string of the molecule is CC/C=C\CC(=O)NCCOCCNC(=O)C(C)(C)Oc1ccc(C(=O)c2ccc(Cl)cc2)cc1. The monoisotopic (exact) mass is 500 g/mol. The first-order chi connectivity index (χ1) is 16.7. The molecule has 2 rings (SSSR count). The molecule has 0 aromatic heterocycles. The van der Waals surface area contributed by atoms with Gasteiger partial charge in [-0.15, -0.1) is 0 Å². The smallest absolute Gasteiger partial charge is 0.263 e. The largest absolute Gasteiger partial charge is 0.478 e. The first-order valence-corrected chi connectivity index (χ1v) is 12.0. The summed E-state index contributed by atoms with van der Waals surface area (Å²) in [5.74, 6) is 0.00278. The van der Waals surface area contributed by atoms with Crippen molar-refractivity contribution in [3.63, 3.8) is 0 Å².